The van der Waals surface area contributed by atoms with E-state index in [0.29, 0.717) is 22.7 Å². The molecule has 0 atom stereocenters. The number of benzene rings is 3. The monoisotopic (exact) mass is 466 g/mol. The molecule has 0 aliphatic carbocycles. The fourth-order valence-corrected chi connectivity index (χ4v) is 4.71. The number of carbonyl (C=O) groups excluding carboxylic acids is 1. The van der Waals surface area contributed by atoms with Crippen LogP contribution in [0.5, 0.6) is 5.75 Å². The minimum absolute atomic E-state index is 0.00532. The van der Waals surface area contributed by atoms with Crippen LogP contribution in [-0.4, -0.2) is 34.6 Å². The Morgan fingerprint density at radius 3 is 2.56 bits per heavy atom. The van der Waals surface area contributed by atoms with Crippen LogP contribution >= 0.6 is 0 Å². The van der Waals surface area contributed by atoms with Crippen molar-refractivity contribution in [3.05, 3.63) is 59.7 Å². The molecule has 0 fully saturated rings. The van der Waals surface area contributed by atoms with Crippen molar-refractivity contribution in [3.8, 4) is 5.75 Å². The molecule has 1 heterocycles. The zero-order chi connectivity index (χ0) is 23.1. The number of amides is 1. The van der Waals surface area contributed by atoms with E-state index >= 15 is 0 Å². The molecule has 2 N–H and O–H groups in total. The van der Waals surface area contributed by atoms with Gasteiger partial charge in [0.05, 0.1) is 22.8 Å². The van der Waals surface area contributed by atoms with Crippen molar-refractivity contribution in [1.82, 2.24) is 0 Å². The number of carbonyl (C=O) groups is 1. The molecular weight excluding hydrogens is 449 g/mol. The zero-order valence-corrected chi connectivity index (χ0v) is 17.4. The Balaban J connectivity index is 1.79. The highest BCUT2D eigenvalue weighted by molar-refractivity contribution is 7.93. The van der Waals surface area contributed by atoms with E-state index in [1.807, 2.05) is 0 Å². The van der Waals surface area contributed by atoms with Gasteiger partial charge >= 0.3 is 6.18 Å². The first-order valence-electron chi connectivity index (χ1n) is 9.35. The smallest absolute Gasteiger partial charge is 0.416 e. The second-order valence-corrected chi connectivity index (χ2v) is 8.60. The van der Waals surface area contributed by atoms with E-state index in [-0.39, 0.29) is 40.8 Å². The van der Waals surface area contributed by atoms with Gasteiger partial charge in [0.2, 0.25) is 0 Å². The molecule has 0 spiro atoms. The van der Waals surface area contributed by atoms with Crippen LogP contribution in [0.25, 0.3) is 10.8 Å². The van der Waals surface area contributed by atoms with Crippen molar-refractivity contribution in [1.29, 1.82) is 0 Å². The zero-order valence-electron chi connectivity index (χ0n) is 16.6. The summed E-state index contributed by atoms with van der Waals surface area (Å²) in [4.78, 5) is 11.9. The molecule has 4 rings (SSSR count). The van der Waals surface area contributed by atoms with Gasteiger partial charge in [-0.05, 0) is 36.4 Å². The molecule has 11 heteroatoms. The van der Waals surface area contributed by atoms with Crippen LogP contribution < -0.4 is 14.8 Å². The Morgan fingerprint density at radius 2 is 1.84 bits per heavy atom. The molecule has 3 aromatic rings. The van der Waals surface area contributed by atoms with E-state index in [1.165, 1.54) is 31.4 Å². The van der Waals surface area contributed by atoms with Gasteiger partial charge in [-0.2, -0.15) is 13.2 Å². The van der Waals surface area contributed by atoms with Gasteiger partial charge in [-0.1, -0.05) is 12.1 Å². The van der Waals surface area contributed by atoms with E-state index in [9.17, 15) is 26.4 Å². The molecule has 0 bridgehead atoms. The molecule has 168 valence electrons. The van der Waals surface area contributed by atoms with Crippen LogP contribution in [0.1, 0.15) is 15.9 Å². The van der Waals surface area contributed by atoms with E-state index in [1.54, 1.807) is 6.07 Å². The predicted octanol–water partition coefficient (Wildman–Crippen LogP) is 4.25. The highest BCUT2D eigenvalue weighted by Gasteiger charge is 2.32. The fraction of sp³-hybridized carbons (Fsp3) is 0.190. The molecule has 3 aromatic carbocycles. The maximum Gasteiger partial charge on any atom is 0.416 e. The lowest BCUT2D eigenvalue weighted by Crippen LogP contribution is -2.16. The molecule has 0 saturated carbocycles. The standard InChI is InChI=1S/C21H17F3N2O5S/c1-30-9-10-31-17-7-5-12(21(22,23)24)11-16(17)26-32(28,29)18-8-6-15-19-13(18)3-2-4-14(19)20(27)25-15/h2-8,11,26H,9-10H2,1H3,(H,25,27). The number of hydrogen-bond donors (Lipinski definition) is 2. The van der Waals surface area contributed by atoms with Gasteiger partial charge in [0.25, 0.3) is 15.9 Å². The van der Waals surface area contributed by atoms with Gasteiger partial charge in [0.1, 0.15) is 12.4 Å². The highest BCUT2D eigenvalue weighted by atomic mass is 32.2. The van der Waals surface area contributed by atoms with Gasteiger partial charge in [0.15, 0.2) is 0 Å². The topological polar surface area (TPSA) is 93.7 Å². The summed E-state index contributed by atoms with van der Waals surface area (Å²) >= 11 is 0. The summed E-state index contributed by atoms with van der Waals surface area (Å²) in [6.07, 6.45) is -4.68. The molecule has 1 amide bonds. The lowest BCUT2D eigenvalue weighted by atomic mass is 10.1. The van der Waals surface area contributed by atoms with Crippen molar-refractivity contribution >= 4 is 38.1 Å². The van der Waals surface area contributed by atoms with E-state index in [0.717, 1.165) is 12.1 Å². The van der Waals surface area contributed by atoms with Gasteiger partial charge in [-0.3, -0.25) is 9.52 Å². The SMILES string of the molecule is COCCOc1ccc(C(F)(F)F)cc1NS(=O)(=O)c1ccc2c3c(cccc13)C(=O)N2. The van der Waals surface area contributed by atoms with Crippen LogP contribution in [0.15, 0.2) is 53.4 Å². The largest absolute Gasteiger partial charge is 0.489 e. The first-order chi connectivity index (χ1) is 15.1. The van der Waals surface area contributed by atoms with Crippen LogP contribution in [-0.2, 0) is 20.9 Å². The molecule has 0 saturated heterocycles. The molecule has 7 nitrogen and oxygen atoms in total. The maximum absolute atomic E-state index is 13.2. The maximum atomic E-state index is 13.2. The molecule has 32 heavy (non-hydrogen) atoms. The van der Waals surface area contributed by atoms with E-state index in [4.69, 9.17) is 9.47 Å². The average Bonchev–Trinajstić information content (AvgIpc) is 3.05. The van der Waals surface area contributed by atoms with Crippen molar-refractivity contribution in [2.24, 2.45) is 0 Å². The highest BCUT2D eigenvalue weighted by Crippen LogP contribution is 2.39. The van der Waals surface area contributed by atoms with Crippen molar-refractivity contribution in [3.63, 3.8) is 0 Å². The summed E-state index contributed by atoms with van der Waals surface area (Å²) < 4.78 is 78.6. The van der Waals surface area contributed by atoms with Crippen LogP contribution in [0.3, 0.4) is 0 Å². The minimum atomic E-state index is -4.68. The second-order valence-electron chi connectivity index (χ2n) is 6.95. The first-order valence-corrected chi connectivity index (χ1v) is 10.8. The third-order valence-electron chi connectivity index (χ3n) is 4.88. The van der Waals surface area contributed by atoms with Crippen LogP contribution in [0, 0.1) is 0 Å². The number of anilines is 2. The van der Waals surface area contributed by atoms with Crippen molar-refractivity contribution in [2.45, 2.75) is 11.1 Å². The molecule has 0 radical (unpaired) electrons. The predicted molar refractivity (Wildman–Crippen MR) is 112 cm³/mol. The molecule has 0 aromatic heterocycles. The number of nitrogens with one attached hydrogen (secondary N) is 2. The summed E-state index contributed by atoms with van der Waals surface area (Å²) in [7, 11) is -2.92. The molecular formula is C21H17F3N2O5S. The Bertz CT molecular complexity index is 1320. The number of ether oxygens (including phenoxy) is 2. The third-order valence-corrected chi connectivity index (χ3v) is 6.30. The first kappa shape index (κ1) is 21.9. The van der Waals surface area contributed by atoms with E-state index < -0.39 is 21.8 Å². The summed E-state index contributed by atoms with van der Waals surface area (Å²) in [6, 6.07) is 9.87. The quantitative estimate of drug-likeness (QED) is 0.508. The van der Waals surface area contributed by atoms with Gasteiger partial charge < -0.3 is 14.8 Å². The van der Waals surface area contributed by atoms with Crippen LogP contribution in [0.4, 0.5) is 24.5 Å². The number of alkyl halides is 3. The van der Waals surface area contributed by atoms with Crippen LogP contribution in [0.2, 0.25) is 0 Å². The van der Waals surface area contributed by atoms with Gasteiger partial charge in [0, 0.05) is 29.1 Å². The number of hydrogen-bond acceptors (Lipinski definition) is 5. The minimum Gasteiger partial charge on any atom is -0.489 e. The molecule has 0 unspecified atom stereocenters. The van der Waals surface area contributed by atoms with Crippen molar-refractivity contribution < 1.29 is 35.9 Å². The van der Waals surface area contributed by atoms with Gasteiger partial charge in [-0.25, -0.2) is 8.42 Å². The number of sulfonamides is 1. The van der Waals surface area contributed by atoms with Crippen molar-refractivity contribution in [2.75, 3.05) is 30.4 Å². The Morgan fingerprint density at radius 1 is 1.06 bits per heavy atom. The summed E-state index contributed by atoms with van der Waals surface area (Å²) in [5.41, 5.74) is -0.628. The lowest BCUT2D eigenvalue weighted by molar-refractivity contribution is -0.137. The van der Waals surface area contributed by atoms with E-state index in [2.05, 4.69) is 10.0 Å². The summed E-state index contributed by atoms with van der Waals surface area (Å²) in [6.45, 7) is 0.161. The Labute approximate surface area is 181 Å². The fourth-order valence-electron chi connectivity index (χ4n) is 3.44. The number of methoxy groups -OCH3 is 1. The number of halogens is 3. The summed E-state index contributed by atoms with van der Waals surface area (Å²) in [5.74, 6) is -0.443. The van der Waals surface area contributed by atoms with Gasteiger partial charge in [-0.15, -0.1) is 0 Å². The Kier molecular flexibility index (Phi) is 5.47. The summed E-state index contributed by atoms with van der Waals surface area (Å²) in [5, 5.41) is 3.35. The molecule has 1 aliphatic rings. The molecule has 1 aliphatic heterocycles. The third kappa shape index (κ3) is 3.96. The lowest BCUT2D eigenvalue weighted by Gasteiger charge is -2.17. The second kappa shape index (κ2) is 7.99. The Hall–Kier alpha value is -3.31. The average molecular weight is 466 g/mol. The number of rotatable bonds is 7. The normalized spacial score (nSPS) is 13.3.